The SMILES string of the molecule is O=C([C@H]1COc2cc(S(=O)(=O)N3CCN(C4CCCCC4)CC3)ccc2O1)N1CCCCCC1. The Morgan fingerprint density at radius 3 is 2.21 bits per heavy atom. The van der Waals surface area contributed by atoms with Crippen LogP contribution in [0.2, 0.25) is 0 Å². The molecule has 4 aliphatic rings. The number of hydrogen-bond acceptors (Lipinski definition) is 6. The minimum Gasteiger partial charge on any atom is -0.485 e. The Kier molecular flexibility index (Phi) is 7.32. The number of piperazine rings is 1. The highest BCUT2D eigenvalue weighted by Gasteiger charge is 2.35. The molecule has 0 aromatic heterocycles. The molecule has 1 aliphatic carbocycles. The van der Waals surface area contributed by atoms with Crippen LogP contribution >= 0.6 is 0 Å². The highest BCUT2D eigenvalue weighted by molar-refractivity contribution is 7.89. The van der Waals surface area contributed by atoms with Crippen LogP contribution in [-0.4, -0.2) is 86.5 Å². The van der Waals surface area contributed by atoms with Gasteiger partial charge in [0.25, 0.3) is 5.91 Å². The smallest absolute Gasteiger partial charge is 0.267 e. The van der Waals surface area contributed by atoms with Gasteiger partial charge < -0.3 is 14.4 Å². The summed E-state index contributed by atoms with van der Waals surface area (Å²) in [7, 11) is -3.60. The molecule has 1 aromatic rings. The van der Waals surface area contributed by atoms with E-state index in [4.69, 9.17) is 9.47 Å². The maximum atomic E-state index is 13.3. The van der Waals surface area contributed by atoms with Crippen LogP contribution in [0, 0.1) is 0 Å². The quantitative estimate of drug-likeness (QED) is 0.645. The van der Waals surface area contributed by atoms with Crippen molar-refractivity contribution in [2.45, 2.75) is 74.8 Å². The van der Waals surface area contributed by atoms with Crippen molar-refractivity contribution in [1.29, 1.82) is 0 Å². The Bertz CT molecular complexity index is 963. The summed E-state index contributed by atoms with van der Waals surface area (Å²) in [5, 5.41) is 0. The van der Waals surface area contributed by atoms with Crippen LogP contribution in [0.25, 0.3) is 0 Å². The first-order valence-electron chi connectivity index (χ1n) is 13.0. The Balaban J connectivity index is 1.22. The summed E-state index contributed by atoms with van der Waals surface area (Å²) in [6.45, 7) is 4.22. The minimum atomic E-state index is -3.60. The molecular weight excluding hydrogens is 454 g/mol. The number of benzene rings is 1. The van der Waals surface area contributed by atoms with Crippen molar-refractivity contribution in [3.8, 4) is 11.5 Å². The largest absolute Gasteiger partial charge is 0.485 e. The van der Waals surface area contributed by atoms with Gasteiger partial charge in [0, 0.05) is 51.4 Å². The predicted molar refractivity (Wildman–Crippen MR) is 129 cm³/mol. The van der Waals surface area contributed by atoms with E-state index in [1.165, 1.54) is 32.1 Å². The molecule has 188 valence electrons. The number of likely N-dealkylation sites (tertiary alicyclic amines) is 1. The van der Waals surface area contributed by atoms with Gasteiger partial charge in [-0.2, -0.15) is 4.31 Å². The molecule has 34 heavy (non-hydrogen) atoms. The van der Waals surface area contributed by atoms with Gasteiger partial charge in [0.2, 0.25) is 16.1 Å². The predicted octanol–water partition coefficient (Wildman–Crippen LogP) is 2.87. The summed E-state index contributed by atoms with van der Waals surface area (Å²) in [5.41, 5.74) is 0. The zero-order chi connectivity index (χ0) is 23.5. The fourth-order valence-electron chi connectivity index (χ4n) is 5.73. The van der Waals surface area contributed by atoms with Crippen LogP contribution < -0.4 is 9.47 Å². The van der Waals surface area contributed by atoms with E-state index in [2.05, 4.69) is 4.90 Å². The molecule has 9 heteroatoms. The number of amides is 1. The van der Waals surface area contributed by atoms with Crippen LogP contribution in [0.15, 0.2) is 23.1 Å². The van der Waals surface area contributed by atoms with Crippen molar-refractivity contribution in [3.63, 3.8) is 0 Å². The van der Waals surface area contributed by atoms with Crippen LogP contribution in [0.3, 0.4) is 0 Å². The monoisotopic (exact) mass is 491 g/mol. The van der Waals surface area contributed by atoms with Crippen LogP contribution in [0.1, 0.15) is 57.8 Å². The molecule has 1 saturated carbocycles. The number of hydrogen-bond donors (Lipinski definition) is 0. The van der Waals surface area contributed by atoms with E-state index < -0.39 is 16.1 Å². The Labute approximate surface area is 203 Å². The fraction of sp³-hybridized carbons (Fsp3) is 0.720. The summed E-state index contributed by atoms with van der Waals surface area (Å²) >= 11 is 0. The van der Waals surface area contributed by atoms with E-state index in [1.54, 1.807) is 22.5 Å². The number of carbonyl (C=O) groups is 1. The Morgan fingerprint density at radius 2 is 1.50 bits per heavy atom. The Hall–Kier alpha value is -1.84. The molecule has 0 spiro atoms. The van der Waals surface area contributed by atoms with Crippen LogP contribution in [0.4, 0.5) is 0 Å². The van der Waals surface area contributed by atoms with Gasteiger partial charge in [-0.1, -0.05) is 32.1 Å². The second-order valence-corrected chi connectivity index (χ2v) is 11.9. The van der Waals surface area contributed by atoms with E-state index in [9.17, 15) is 13.2 Å². The van der Waals surface area contributed by atoms with Crippen molar-refractivity contribution in [2.75, 3.05) is 45.9 Å². The summed E-state index contributed by atoms with van der Waals surface area (Å²) < 4.78 is 40.0. The molecular formula is C25H37N3O5S. The van der Waals surface area contributed by atoms with Gasteiger partial charge in [-0.05, 0) is 37.8 Å². The van der Waals surface area contributed by atoms with Gasteiger partial charge in [0.1, 0.15) is 6.61 Å². The lowest BCUT2D eigenvalue weighted by atomic mass is 9.94. The molecule has 1 aromatic carbocycles. The first kappa shape index (κ1) is 23.9. The first-order valence-corrected chi connectivity index (χ1v) is 14.4. The van der Waals surface area contributed by atoms with E-state index in [0.717, 1.165) is 51.9 Å². The average Bonchev–Trinajstić information content (AvgIpc) is 3.18. The molecule has 3 aliphatic heterocycles. The van der Waals surface area contributed by atoms with Gasteiger partial charge in [-0.25, -0.2) is 8.42 Å². The van der Waals surface area contributed by atoms with E-state index >= 15 is 0 Å². The number of fused-ring (bicyclic) bond motifs is 1. The fourth-order valence-corrected chi connectivity index (χ4v) is 7.17. The lowest BCUT2D eigenvalue weighted by Gasteiger charge is -2.40. The number of ether oxygens (including phenoxy) is 2. The molecule has 3 heterocycles. The molecule has 2 saturated heterocycles. The van der Waals surface area contributed by atoms with Crippen molar-refractivity contribution < 1.29 is 22.7 Å². The van der Waals surface area contributed by atoms with Crippen molar-refractivity contribution in [3.05, 3.63) is 18.2 Å². The van der Waals surface area contributed by atoms with Gasteiger partial charge >= 0.3 is 0 Å². The Morgan fingerprint density at radius 1 is 0.824 bits per heavy atom. The van der Waals surface area contributed by atoms with E-state index in [-0.39, 0.29) is 17.4 Å². The molecule has 8 nitrogen and oxygen atoms in total. The van der Waals surface area contributed by atoms with Gasteiger partial charge in [-0.3, -0.25) is 9.69 Å². The van der Waals surface area contributed by atoms with Crippen molar-refractivity contribution >= 4 is 15.9 Å². The minimum absolute atomic E-state index is 0.0416. The second kappa shape index (κ2) is 10.4. The zero-order valence-corrected chi connectivity index (χ0v) is 20.8. The van der Waals surface area contributed by atoms with Gasteiger partial charge in [0.15, 0.2) is 11.5 Å². The number of nitrogens with zero attached hydrogens (tertiary/aromatic N) is 3. The summed E-state index contributed by atoms with van der Waals surface area (Å²) in [6.07, 6.45) is 10.0. The summed E-state index contributed by atoms with van der Waals surface area (Å²) in [6, 6.07) is 5.36. The van der Waals surface area contributed by atoms with Crippen LogP contribution in [0.5, 0.6) is 11.5 Å². The molecule has 1 amide bonds. The molecule has 3 fully saturated rings. The highest BCUT2D eigenvalue weighted by atomic mass is 32.2. The highest BCUT2D eigenvalue weighted by Crippen LogP contribution is 2.35. The van der Waals surface area contributed by atoms with Gasteiger partial charge in [0.05, 0.1) is 4.90 Å². The third-order valence-corrected chi connectivity index (χ3v) is 9.66. The number of rotatable bonds is 4. The van der Waals surface area contributed by atoms with Crippen LogP contribution in [-0.2, 0) is 14.8 Å². The molecule has 5 rings (SSSR count). The van der Waals surface area contributed by atoms with E-state index in [0.29, 0.717) is 30.6 Å². The van der Waals surface area contributed by atoms with Crippen molar-refractivity contribution in [1.82, 2.24) is 14.1 Å². The average molecular weight is 492 g/mol. The zero-order valence-electron chi connectivity index (χ0n) is 20.0. The molecule has 0 bridgehead atoms. The molecule has 1 atom stereocenters. The second-order valence-electron chi connectivity index (χ2n) is 10.00. The maximum absolute atomic E-state index is 13.3. The lowest BCUT2D eigenvalue weighted by Crippen LogP contribution is -2.52. The standard InChI is InChI=1S/C25H37N3O5S/c29-25(27-12-6-1-2-7-13-27)24-19-32-23-18-21(10-11-22(23)33-24)34(30,31)28-16-14-26(15-17-28)20-8-4-3-5-9-20/h10-11,18,20,24H,1-9,12-17,19H2/t24-/m1/s1. The normalized spacial score (nSPS) is 25.6. The topological polar surface area (TPSA) is 79.4 Å². The first-order chi connectivity index (χ1) is 16.5. The summed E-state index contributed by atoms with van der Waals surface area (Å²) in [5.74, 6) is 0.780. The molecule has 0 unspecified atom stereocenters. The van der Waals surface area contributed by atoms with E-state index in [1.807, 2.05) is 4.90 Å². The summed E-state index contributed by atoms with van der Waals surface area (Å²) in [4.78, 5) is 17.5. The molecule has 0 radical (unpaired) electrons. The third-order valence-electron chi connectivity index (χ3n) is 7.77. The van der Waals surface area contributed by atoms with Crippen molar-refractivity contribution in [2.24, 2.45) is 0 Å². The number of carbonyl (C=O) groups excluding carboxylic acids is 1. The third kappa shape index (κ3) is 5.06. The maximum Gasteiger partial charge on any atom is 0.267 e. The lowest BCUT2D eigenvalue weighted by molar-refractivity contribution is -0.141. The number of sulfonamides is 1. The van der Waals surface area contributed by atoms with Gasteiger partial charge in [-0.15, -0.1) is 0 Å². The molecule has 0 N–H and O–H groups in total.